The second-order valence-corrected chi connectivity index (χ2v) is 6.46. The van der Waals surface area contributed by atoms with Gasteiger partial charge in [-0.1, -0.05) is 0 Å². The van der Waals surface area contributed by atoms with Crippen LogP contribution < -0.4 is 4.90 Å². The molecule has 0 aliphatic carbocycles. The lowest BCUT2D eigenvalue weighted by atomic mass is 10.2. The van der Waals surface area contributed by atoms with Gasteiger partial charge in [0.1, 0.15) is 6.61 Å². The predicted octanol–water partition coefficient (Wildman–Crippen LogP) is -0.0697. The quantitative estimate of drug-likeness (QED) is 0.716. The van der Waals surface area contributed by atoms with Crippen LogP contribution in [0.2, 0.25) is 0 Å². The van der Waals surface area contributed by atoms with Crippen molar-refractivity contribution >= 4 is 16.1 Å². The van der Waals surface area contributed by atoms with Gasteiger partial charge >= 0.3 is 0 Å². The molecule has 1 aromatic heterocycles. The van der Waals surface area contributed by atoms with Gasteiger partial charge in [0.15, 0.2) is 0 Å². The van der Waals surface area contributed by atoms with E-state index < -0.39 is 10.1 Å². The van der Waals surface area contributed by atoms with Gasteiger partial charge in [-0.15, -0.1) is 0 Å². The molecule has 3 rings (SSSR count). The number of anilines is 1. The molecule has 0 saturated carbocycles. The molecule has 19 heavy (non-hydrogen) atoms. The molecule has 7 nitrogen and oxygen atoms in total. The number of rotatable bonds is 4. The third kappa shape index (κ3) is 2.85. The number of hydrogen-bond acceptors (Lipinski definition) is 7. The van der Waals surface area contributed by atoms with Crippen LogP contribution in [0.3, 0.4) is 0 Å². The van der Waals surface area contributed by atoms with E-state index in [0.717, 1.165) is 19.2 Å². The van der Waals surface area contributed by atoms with Crippen molar-refractivity contribution in [2.45, 2.75) is 25.2 Å². The van der Waals surface area contributed by atoms with Crippen LogP contribution in [0.5, 0.6) is 0 Å². The van der Waals surface area contributed by atoms with E-state index in [2.05, 4.69) is 14.9 Å². The molecule has 0 N–H and O–H groups in total. The highest BCUT2D eigenvalue weighted by Gasteiger charge is 2.40. The molecule has 2 saturated heterocycles. The molecule has 2 atom stereocenters. The number of fused-ring (bicyclic) bond motifs is 2. The van der Waals surface area contributed by atoms with E-state index in [9.17, 15) is 8.42 Å². The molecule has 104 valence electrons. The Morgan fingerprint density at radius 1 is 1.58 bits per heavy atom. The van der Waals surface area contributed by atoms with E-state index in [-0.39, 0.29) is 12.7 Å². The van der Waals surface area contributed by atoms with Crippen molar-refractivity contribution in [1.82, 2.24) is 9.97 Å². The van der Waals surface area contributed by atoms with Crippen LogP contribution in [0.1, 0.15) is 12.1 Å². The number of morpholine rings is 1. The standard InChI is InChI=1S/C11H15N3O4S/c1-19(15,16)18-6-8-2-3-12-11(13-8)14-5-10-4-9(14)7-17-10/h2-3,9-10H,4-7H2,1H3/t9-,10-/m0/s1. The van der Waals surface area contributed by atoms with Crippen molar-refractivity contribution in [1.29, 1.82) is 0 Å². The molecule has 0 radical (unpaired) electrons. The summed E-state index contributed by atoms with van der Waals surface area (Å²) in [6.07, 6.45) is 3.92. The minimum absolute atomic E-state index is 0.0627. The first-order valence-corrected chi connectivity index (χ1v) is 7.87. The number of ether oxygens (including phenoxy) is 1. The minimum atomic E-state index is -3.46. The fraction of sp³-hybridized carbons (Fsp3) is 0.636. The molecule has 1 aromatic rings. The van der Waals surface area contributed by atoms with Gasteiger partial charge in [0.05, 0.1) is 30.7 Å². The maximum atomic E-state index is 11.0. The summed E-state index contributed by atoms with van der Waals surface area (Å²) >= 11 is 0. The summed E-state index contributed by atoms with van der Waals surface area (Å²) in [6, 6.07) is 1.98. The zero-order valence-corrected chi connectivity index (χ0v) is 11.3. The van der Waals surface area contributed by atoms with Crippen molar-refractivity contribution in [2.24, 2.45) is 0 Å². The van der Waals surface area contributed by atoms with Crippen LogP contribution in [0, 0.1) is 0 Å². The van der Waals surface area contributed by atoms with E-state index in [0.29, 0.717) is 24.3 Å². The number of nitrogens with zero attached hydrogens (tertiary/aromatic N) is 3. The summed E-state index contributed by atoms with van der Waals surface area (Å²) in [6.45, 7) is 1.44. The summed E-state index contributed by atoms with van der Waals surface area (Å²) in [5, 5.41) is 0. The molecular weight excluding hydrogens is 270 g/mol. The van der Waals surface area contributed by atoms with Crippen molar-refractivity contribution in [3.63, 3.8) is 0 Å². The second-order valence-electron chi connectivity index (χ2n) is 4.81. The van der Waals surface area contributed by atoms with Crippen LogP contribution in [0.15, 0.2) is 12.3 Å². The van der Waals surface area contributed by atoms with Gasteiger partial charge < -0.3 is 9.64 Å². The van der Waals surface area contributed by atoms with Crippen LogP contribution in [0.25, 0.3) is 0 Å². The highest BCUT2D eigenvalue weighted by atomic mass is 32.2. The SMILES string of the molecule is CS(=O)(=O)OCc1ccnc(N2C[C@@H]3C[C@H]2CO3)n1. The van der Waals surface area contributed by atoms with Gasteiger partial charge in [0.25, 0.3) is 10.1 Å². The van der Waals surface area contributed by atoms with Crippen LogP contribution in [-0.4, -0.2) is 49.9 Å². The zero-order chi connectivity index (χ0) is 13.5. The minimum Gasteiger partial charge on any atom is -0.374 e. The van der Waals surface area contributed by atoms with Crippen molar-refractivity contribution in [3.05, 3.63) is 18.0 Å². The van der Waals surface area contributed by atoms with Crippen LogP contribution in [-0.2, 0) is 25.6 Å². The molecule has 0 spiro atoms. The smallest absolute Gasteiger partial charge is 0.264 e. The zero-order valence-electron chi connectivity index (χ0n) is 10.5. The third-order valence-electron chi connectivity index (χ3n) is 3.28. The van der Waals surface area contributed by atoms with E-state index in [4.69, 9.17) is 8.92 Å². The Labute approximate surface area is 111 Å². The molecule has 0 unspecified atom stereocenters. The third-order valence-corrected chi connectivity index (χ3v) is 3.82. The summed E-state index contributed by atoms with van der Waals surface area (Å²) in [7, 11) is -3.46. The van der Waals surface area contributed by atoms with Crippen LogP contribution >= 0.6 is 0 Å². The molecular formula is C11H15N3O4S. The molecule has 2 bridgehead atoms. The maximum absolute atomic E-state index is 11.0. The molecule has 2 aliphatic heterocycles. The Bertz CT molecular complexity index is 577. The first kappa shape index (κ1) is 12.8. The fourth-order valence-electron chi connectivity index (χ4n) is 2.42. The lowest BCUT2D eigenvalue weighted by Crippen LogP contribution is -2.38. The van der Waals surface area contributed by atoms with Gasteiger partial charge in [0, 0.05) is 12.7 Å². The molecule has 3 heterocycles. The lowest BCUT2D eigenvalue weighted by Gasteiger charge is -2.26. The van der Waals surface area contributed by atoms with Gasteiger partial charge in [-0.05, 0) is 12.5 Å². The second kappa shape index (κ2) is 4.69. The van der Waals surface area contributed by atoms with Crippen molar-refractivity contribution < 1.29 is 17.3 Å². The fourth-order valence-corrected chi connectivity index (χ4v) is 2.75. The number of aromatic nitrogens is 2. The normalized spacial score (nSPS) is 26.1. The van der Waals surface area contributed by atoms with E-state index in [1.165, 1.54) is 0 Å². The monoisotopic (exact) mass is 285 g/mol. The molecule has 0 amide bonds. The average Bonchev–Trinajstić information content (AvgIpc) is 2.98. The number of hydrogen-bond donors (Lipinski definition) is 0. The van der Waals surface area contributed by atoms with Gasteiger partial charge in [-0.25, -0.2) is 9.97 Å². The summed E-state index contributed by atoms with van der Waals surface area (Å²) in [5.41, 5.74) is 0.555. The molecule has 8 heteroatoms. The molecule has 0 aromatic carbocycles. The Morgan fingerprint density at radius 3 is 3.05 bits per heavy atom. The van der Waals surface area contributed by atoms with Gasteiger partial charge in [-0.3, -0.25) is 4.18 Å². The molecule has 2 fully saturated rings. The van der Waals surface area contributed by atoms with Gasteiger partial charge in [-0.2, -0.15) is 8.42 Å². The van der Waals surface area contributed by atoms with E-state index in [1.807, 2.05) is 0 Å². The van der Waals surface area contributed by atoms with Gasteiger partial charge in [0.2, 0.25) is 5.95 Å². The first-order valence-electron chi connectivity index (χ1n) is 6.06. The van der Waals surface area contributed by atoms with Crippen molar-refractivity contribution in [2.75, 3.05) is 24.3 Å². The Morgan fingerprint density at radius 2 is 2.42 bits per heavy atom. The predicted molar refractivity (Wildman–Crippen MR) is 67.2 cm³/mol. The van der Waals surface area contributed by atoms with E-state index in [1.54, 1.807) is 12.3 Å². The molecule has 2 aliphatic rings. The average molecular weight is 285 g/mol. The van der Waals surface area contributed by atoms with Crippen LogP contribution in [0.4, 0.5) is 5.95 Å². The highest BCUT2D eigenvalue weighted by Crippen LogP contribution is 2.30. The Balaban J connectivity index is 1.73. The topological polar surface area (TPSA) is 81.6 Å². The van der Waals surface area contributed by atoms with E-state index >= 15 is 0 Å². The summed E-state index contributed by atoms with van der Waals surface area (Å²) in [4.78, 5) is 10.7. The highest BCUT2D eigenvalue weighted by molar-refractivity contribution is 7.85. The summed E-state index contributed by atoms with van der Waals surface area (Å²) in [5.74, 6) is 0.616. The Hall–Kier alpha value is -1.25. The largest absolute Gasteiger partial charge is 0.374 e. The first-order chi connectivity index (χ1) is 9.01. The summed E-state index contributed by atoms with van der Waals surface area (Å²) < 4.78 is 32.2. The maximum Gasteiger partial charge on any atom is 0.264 e. The lowest BCUT2D eigenvalue weighted by molar-refractivity contribution is 0.0986. The Kier molecular flexibility index (Phi) is 3.15. The van der Waals surface area contributed by atoms with Crippen molar-refractivity contribution in [3.8, 4) is 0 Å².